The van der Waals surface area contributed by atoms with Crippen LogP contribution >= 0.6 is 0 Å². The fourth-order valence-corrected chi connectivity index (χ4v) is 2.79. The first-order valence-corrected chi connectivity index (χ1v) is 7.45. The summed E-state index contributed by atoms with van der Waals surface area (Å²) in [5, 5.41) is 6.43. The predicted molar refractivity (Wildman–Crippen MR) is 82.3 cm³/mol. The number of H-pyrrole nitrogens is 1. The monoisotopic (exact) mass is 284 g/mol. The van der Waals surface area contributed by atoms with E-state index in [1.54, 1.807) is 12.4 Å². The molecule has 2 aromatic rings. The topological polar surface area (TPSA) is 69.8 Å². The fourth-order valence-electron chi connectivity index (χ4n) is 2.79. The number of rotatable bonds is 4. The number of carbonyl (C=O) groups is 1. The molecule has 21 heavy (non-hydrogen) atoms. The maximum absolute atomic E-state index is 12.6. The molecule has 0 saturated carbocycles. The molecule has 1 unspecified atom stereocenters. The Hall–Kier alpha value is -2.30. The lowest BCUT2D eigenvalue weighted by Gasteiger charge is -2.22. The quantitative estimate of drug-likeness (QED) is 0.808. The van der Waals surface area contributed by atoms with Crippen LogP contribution in [-0.4, -0.2) is 22.4 Å². The summed E-state index contributed by atoms with van der Waals surface area (Å²) < 4.78 is 0. The molecule has 1 atom stereocenters. The molecule has 0 bridgehead atoms. The average molecular weight is 284 g/mol. The summed E-state index contributed by atoms with van der Waals surface area (Å²) >= 11 is 0. The van der Waals surface area contributed by atoms with Crippen molar-refractivity contribution < 1.29 is 4.79 Å². The molecule has 1 amide bonds. The van der Waals surface area contributed by atoms with Crippen LogP contribution in [0.5, 0.6) is 0 Å². The summed E-state index contributed by atoms with van der Waals surface area (Å²) in [4.78, 5) is 19.9. The van der Waals surface area contributed by atoms with Crippen LogP contribution in [0.25, 0.3) is 0 Å². The van der Waals surface area contributed by atoms with Crippen molar-refractivity contribution in [2.24, 2.45) is 0 Å². The number of anilines is 1. The number of aromatic amines is 1. The number of imidazole rings is 1. The zero-order valence-corrected chi connectivity index (χ0v) is 12.1. The molecular weight excluding hydrogens is 264 g/mol. The molecule has 5 nitrogen and oxygen atoms in total. The summed E-state index contributed by atoms with van der Waals surface area (Å²) in [5.41, 5.74) is 2.97. The molecule has 1 aromatic heterocycles. The molecule has 0 radical (unpaired) electrons. The molecule has 0 aliphatic carbocycles. The number of aromatic nitrogens is 2. The second-order valence-corrected chi connectivity index (χ2v) is 5.27. The molecule has 0 fully saturated rings. The molecule has 5 heteroatoms. The minimum atomic E-state index is -0.0834. The summed E-state index contributed by atoms with van der Waals surface area (Å²) in [6.07, 6.45) is 6.29. The van der Waals surface area contributed by atoms with Gasteiger partial charge in [-0.3, -0.25) is 4.79 Å². The lowest BCUT2D eigenvalue weighted by atomic mass is 9.97. The van der Waals surface area contributed by atoms with E-state index in [0.29, 0.717) is 0 Å². The Bertz CT molecular complexity index is 621. The SMILES string of the molecule is CCC(NC(=O)c1cccc2c1CCCN2)c1ncc[nH]1. The minimum absolute atomic E-state index is 0.0289. The third-order valence-electron chi connectivity index (χ3n) is 3.90. The first-order valence-electron chi connectivity index (χ1n) is 7.45. The van der Waals surface area contributed by atoms with E-state index in [0.717, 1.165) is 48.4 Å². The molecule has 110 valence electrons. The van der Waals surface area contributed by atoms with Crippen molar-refractivity contribution in [2.45, 2.75) is 32.2 Å². The van der Waals surface area contributed by atoms with Crippen LogP contribution in [0, 0.1) is 0 Å². The Balaban J connectivity index is 1.82. The largest absolute Gasteiger partial charge is 0.385 e. The molecule has 0 saturated heterocycles. The number of benzene rings is 1. The summed E-state index contributed by atoms with van der Waals surface area (Å²) in [5.74, 6) is 0.771. The summed E-state index contributed by atoms with van der Waals surface area (Å²) in [6.45, 7) is 3.01. The van der Waals surface area contributed by atoms with Gasteiger partial charge >= 0.3 is 0 Å². The molecular formula is C16H20N4O. The van der Waals surface area contributed by atoms with Crippen molar-refractivity contribution in [1.29, 1.82) is 0 Å². The fraction of sp³-hybridized carbons (Fsp3) is 0.375. The van der Waals surface area contributed by atoms with E-state index >= 15 is 0 Å². The van der Waals surface area contributed by atoms with E-state index in [1.807, 2.05) is 25.1 Å². The van der Waals surface area contributed by atoms with Crippen LogP contribution in [0.15, 0.2) is 30.6 Å². The Labute approximate surface area is 124 Å². The van der Waals surface area contributed by atoms with Gasteiger partial charge in [0.25, 0.3) is 5.91 Å². The second-order valence-electron chi connectivity index (χ2n) is 5.27. The van der Waals surface area contributed by atoms with Gasteiger partial charge in [0.15, 0.2) is 0 Å². The minimum Gasteiger partial charge on any atom is -0.385 e. The number of nitrogens with zero attached hydrogens (tertiary/aromatic N) is 1. The van der Waals surface area contributed by atoms with Gasteiger partial charge < -0.3 is 15.6 Å². The van der Waals surface area contributed by atoms with Crippen molar-refractivity contribution in [1.82, 2.24) is 15.3 Å². The van der Waals surface area contributed by atoms with Gasteiger partial charge in [-0.2, -0.15) is 0 Å². The first kappa shape index (κ1) is 13.7. The van der Waals surface area contributed by atoms with Crippen LogP contribution in [0.4, 0.5) is 5.69 Å². The van der Waals surface area contributed by atoms with Gasteiger partial charge in [0, 0.05) is 30.2 Å². The zero-order valence-electron chi connectivity index (χ0n) is 12.1. The van der Waals surface area contributed by atoms with Gasteiger partial charge in [-0.1, -0.05) is 13.0 Å². The third-order valence-corrected chi connectivity index (χ3v) is 3.90. The van der Waals surface area contributed by atoms with Gasteiger partial charge in [-0.25, -0.2) is 4.98 Å². The van der Waals surface area contributed by atoms with Gasteiger partial charge in [-0.15, -0.1) is 0 Å². The van der Waals surface area contributed by atoms with Crippen molar-refractivity contribution in [3.05, 3.63) is 47.5 Å². The van der Waals surface area contributed by atoms with Crippen molar-refractivity contribution in [2.75, 3.05) is 11.9 Å². The van der Waals surface area contributed by atoms with E-state index in [9.17, 15) is 4.79 Å². The second kappa shape index (κ2) is 5.99. The number of hydrogen-bond acceptors (Lipinski definition) is 3. The molecule has 2 heterocycles. The molecule has 0 spiro atoms. The smallest absolute Gasteiger partial charge is 0.252 e. The van der Waals surface area contributed by atoms with Crippen molar-refractivity contribution in [3.63, 3.8) is 0 Å². The number of hydrogen-bond donors (Lipinski definition) is 3. The molecule has 1 aliphatic heterocycles. The van der Waals surface area contributed by atoms with Crippen LogP contribution in [0.2, 0.25) is 0 Å². The van der Waals surface area contributed by atoms with E-state index in [2.05, 4.69) is 20.6 Å². The summed E-state index contributed by atoms with van der Waals surface area (Å²) in [6, 6.07) is 5.78. The van der Waals surface area contributed by atoms with Crippen LogP contribution in [0.3, 0.4) is 0 Å². The number of nitrogens with one attached hydrogen (secondary N) is 3. The standard InChI is InChI=1S/C16H20N4O/c1-2-13(15-18-9-10-19-15)20-16(21)12-5-3-7-14-11(12)6-4-8-17-14/h3,5,7,9-10,13,17H,2,4,6,8H2,1H3,(H,18,19)(H,20,21). The Morgan fingerprint density at radius 1 is 1.48 bits per heavy atom. The first-order chi connectivity index (χ1) is 10.3. The van der Waals surface area contributed by atoms with E-state index < -0.39 is 0 Å². The van der Waals surface area contributed by atoms with Crippen LogP contribution in [-0.2, 0) is 6.42 Å². The Morgan fingerprint density at radius 2 is 2.38 bits per heavy atom. The highest BCUT2D eigenvalue weighted by atomic mass is 16.1. The highest BCUT2D eigenvalue weighted by Crippen LogP contribution is 2.26. The van der Waals surface area contributed by atoms with Crippen LogP contribution < -0.4 is 10.6 Å². The molecule has 3 N–H and O–H groups in total. The molecule has 1 aromatic carbocycles. The number of fused-ring (bicyclic) bond motifs is 1. The van der Waals surface area contributed by atoms with E-state index in [1.165, 1.54) is 0 Å². The lowest BCUT2D eigenvalue weighted by molar-refractivity contribution is 0.0933. The number of carbonyl (C=O) groups excluding carboxylic acids is 1. The molecule has 1 aliphatic rings. The average Bonchev–Trinajstić information content (AvgIpc) is 3.06. The zero-order chi connectivity index (χ0) is 14.7. The van der Waals surface area contributed by atoms with Gasteiger partial charge in [0.1, 0.15) is 5.82 Å². The lowest BCUT2D eigenvalue weighted by Crippen LogP contribution is -2.30. The van der Waals surface area contributed by atoms with Crippen LogP contribution in [0.1, 0.15) is 47.6 Å². The van der Waals surface area contributed by atoms with Crippen molar-refractivity contribution >= 4 is 11.6 Å². The Kier molecular flexibility index (Phi) is 3.90. The highest BCUT2D eigenvalue weighted by molar-refractivity contribution is 5.97. The van der Waals surface area contributed by atoms with Gasteiger partial charge in [0.2, 0.25) is 0 Å². The Morgan fingerprint density at radius 3 is 3.14 bits per heavy atom. The number of amides is 1. The van der Waals surface area contributed by atoms with E-state index in [4.69, 9.17) is 0 Å². The maximum atomic E-state index is 12.6. The molecule has 3 rings (SSSR count). The predicted octanol–water partition coefficient (Wildman–Crippen LogP) is 2.65. The van der Waals surface area contributed by atoms with Gasteiger partial charge in [0.05, 0.1) is 6.04 Å². The highest BCUT2D eigenvalue weighted by Gasteiger charge is 2.20. The maximum Gasteiger partial charge on any atom is 0.252 e. The van der Waals surface area contributed by atoms with Gasteiger partial charge in [-0.05, 0) is 37.0 Å². The summed E-state index contributed by atoms with van der Waals surface area (Å²) in [7, 11) is 0. The normalized spacial score (nSPS) is 14.9. The van der Waals surface area contributed by atoms with E-state index in [-0.39, 0.29) is 11.9 Å². The third kappa shape index (κ3) is 2.77. The van der Waals surface area contributed by atoms with Crippen molar-refractivity contribution in [3.8, 4) is 0 Å².